The second kappa shape index (κ2) is 6.49. The molecule has 2 atom stereocenters. The van der Waals surface area contributed by atoms with Crippen LogP contribution in [0.2, 0.25) is 0 Å². The standard InChI is InChI=1S/C13H24N2OS.ClH/c1-13(2,3)17-9-12(16)15-7-5-11-10(8-15)4-6-14-11;/h10-11,14H,4-9H2,1-3H3;1H. The number of nitrogens with zero attached hydrogens (tertiary/aromatic N) is 1. The molecule has 0 spiro atoms. The van der Waals surface area contributed by atoms with Crippen LogP contribution in [-0.2, 0) is 4.79 Å². The molecule has 2 aliphatic rings. The number of hydrogen-bond donors (Lipinski definition) is 1. The zero-order chi connectivity index (χ0) is 12.5. The first kappa shape index (κ1) is 16.1. The number of amides is 1. The monoisotopic (exact) mass is 292 g/mol. The van der Waals surface area contributed by atoms with Crippen molar-refractivity contribution in [1.29, 1.82) is 0 Å². The summed E-state index contributed by atoms with van der Waals surface area (Å²) >= 11 is 1.75. The van der Waals surface area contributed by atoms with Gasteiger partial charge in [0.05, 0.1) is 5.75 Å². The van der Waals surface area contributed by atoms with Crippen molar-refractivity contribution >= 4 is 30.1 Å². The van der Waals surface area contributed by atoms with Crippen molar-refractivity contribution < 1.29 is 4.79 Å². The van der Waals surface area contributed by atoms with E-state index in [4.69, 9.17) is 0 Å². The highest BCUT2D eigenvalue weighted by molar-refractivity contribution is 8.01. The van der Waals surface area contributed by atoms with E-state index in [2.05, 4.69) is 31.0 Å². The molecule has 1 amide bonds. The Labute approximate surface area is 121 Å². The molecular formula is C13H25ClN2OS. The molecule has 18 heavy (non-hydrogen) atoms. The lowest BCUT2D eigenvalue weighted by molar-refractivity contribution is -0.130. The van der Waals surface area contributed by atoms with Crippen LogP contribution in [0.4, 0.5) is 0 Å². The van der Waals surface area contributed by atoms with Gasteiger partial charge in [-0.25, -0.2) is 0 Å². The van der Waals surface area contributed by atoms with Gasteiger partial charge in [0.25, 0.3) is 0 Å². The first-order valence-electron chi connectivity index (χ1n) is 6.61. The Bertz CT molecular complexity index is 293. The molecule has 2 fully saturated rings. The van der Waals surface area contributed by atoms with Crippen LogP contribution in [-0.4, -0.2) is 47.0 Å². The third kappa shape index (κ3) is 4.32. The number of nitrogens with one attached hydrogen (secondary N) is 1. The van der Waals surface area contributed by atoms with Gasteiger partial charge in [-0.2, -0.15) is 0 Å². The Morgan fingerprint density at radius 3 is 2.78 bits per heavy atom. The molecule has 0 saturated carbocycles. The number of rotatable bonds is 2. The predicted octanol–water partition coefficient (Wildman–Crippen LogP) is 2.15. The fraction of sp³-hybridized carbons (Fsp3) is 0.923. The number of carbonyl (C=O) groups excluding carboxylic acids is 1. The molecule has 0 aromatic rings. The van der Waals surface area contributed by atoms with Crippen LogP contribution >= 0.6 is 24.2 Å². The van der Waals surface area contributed by atoms with Gasteiger partial charge in [-0.15, -0.1) is 24.2 Å². The molecule has 1 N–H and O–H groups in total. The SMILES string of the molecule is CC(C)(C)SCC(=O)N1CCC2NCCC2C1.Cl. The fourth-order valence-electron chi connectivity index (χ4n) is 2.64. The number of thioether (sulfide) groups is 1. The summed E-state index contributed by atoms with van der Waals surface area (Å²) in [7, 11) is 0. The molecule has 2 heterocycles. The third-order valence-corrected chi connectivity index (χ3v) is 4.89. The Morgan fingerprint density at radius 2 is 2.11 bits per heavy atom. The third-order valence-electron chi connectivity index (χ3n) is 3.64. The van der Waals surface area contributed by atoms with Gasteiger partial charge in [0.2, 0.25) is 5.91 Å². The van der Waals surface area contributed by atoms with Gasteiger partial charge in [-0.05, 0) is 25.3 Å². The molecular weight excluding hydrogens is 268 g/mol. The van der Waals surface area contributed by atoms with Gasteiger partial charge in [-0.3, -0.25) is 4.79 Å². The van der Waals surface area contributed by atoms with Crippen LogP contribution in [0.5, 0.6) is 0 Å². The Balaban J connectivity index is 0.00000162. The summed E-state index contributed by atoms with van der Waals surface area (Å²) in [6, 6.07) is 0.675. The highest BCUT2D eigenvalue weighted by atomic mass is 35.5. The minimum atomic E-state index is 0. The lowest BCUT2D eigenvalue weighted by Gasteiger charge is -2.35. The maximum atomic E-state index is 12.1. The van der Waals surface area contributed by atoms with E-state index in [-0.39, 0.29) is 17.2 Å². The van der Waals surface area contributed by atoms with E-state index >= 15 is 0 Å². The van der Waals surface area contributed by atoms with Gasteiger partial charge in [0, 0.05) is 23.9 Å². The molecule has 2 saturated heterocycles. The largest absolute Gasteiger partial charge is 0.342 e. The van der Waals surface area contributed by atoms with E-state index in [0.29, 0.717) is 23.6 Å². The van der Waals surface area contributed by atoms with Crippen LogP contribution in [0.15, 0.2) is 0 Å². The van der Waals surface area contributed by atoms with E-state index in [1.54, 1.807) is 11.8 Å². The van der Waals surface area contributed by atoms with Crippen molar-refractivity contribution in [1.82, 2.24) is 10.2 Å². The van der Waals surface area contributed by atoms with Crippen LogP contribution in [0, 0.1) is 5.92 Å². The number of piperidine rings is 1. The predicted molar refractivity (Wildman–Crippen MR) is 80.6 cm³/mol. The second-order valence-corrected chi connectivity index (χ2v) is 7.94. The average Bonchev–Trinajstić information content (AvgIpc) is 2.71. The van der Waals surface area contributed by atoms with Gasteiger partial charge in [0.15, 0.2) is 0 Å². The van der Waals surface area contributed by atoms with Crippen molar-refractivity contribution in [2.45, 2.75) is 44.4 Å². The van der Waals surface area contributed by atoms with Gasteiger partial charge in [-0.1, -0.05) is 20.8 Å². The number of halogens is 1. The molecule has 2 aliphatic heterocycles. The maximum Gasteiger partial charge on any atom is 0.232 e. The zero-order valence-corrected chi connectivity index (χ0v) is 13.2. The van der Waals surface area contributed by atoms with Crippen molar-refractivity contribution in [2.24, 2.45) is 5.92 Å². The van der Waals surface area contributed by atoms with Gasteiger partial charge >= 0.3 is 0 Å². The topological polar surface area (TPSA) is 32.3 Å². The smallest absolute Gasteiger partial charge is 0.232 e. The molecule has 0 aromatic heterocycles. The molecule has 0 aliphatic carbocycles. The number of likely N-dealkylation sites (tertiary alicyclic amines) is 1. The summed E-state index contributed by atoms with van der Waals surface area (Å²) < 4.78 is 0.183. The van der Waals surface area contributed by atoms with Crippen LogP contribution in [0.3, 0.4) is 0 Å². The van der Waals surface area contributed by atoms with Gasteiger partial charge in [0.1, 0.15) is 0 Å². The van der Waals surface area contributed by atoms with E-state index in [1.807, 2.05) is 0 Å². The molecule has 3 nitrogen and oxygen atoms in total. The average molecular weight is 293 g/mol. The number of hydrogen-bond acceptors (Lipinski definition) is 3. The van der Waals surface area contributed by atoms with E-state index in [1.165, 1.54) is 6.42 Å². The molecule has 106 valence electrons. The van der Waals surface area contributed by atoms with Crippen molar-refractivity contribution in [3.8, 4) is 0 Å². The highest BCUT2D eigenvalue weighted by Gasteiger charge is 2.34. The molecule has 0 aromatic carbocycles. The summed E-state index contributed by atoms with van der Waals surface area (Å²) in [6.45, 7) is 9.54. The lowest BCUT2D eigenvalue weighted by atomic mass is 9.93. The molecule has 2 rings (SSSR count). The number of carbonyl (C=O) groups is 1. The molecule has 2 unspecified atom stereocenters. The van der Waals surface area contributed by atoms with E-state index in [9.17, 15) is 4.79 Å². The minimum Gasteiger partial charge on any atom is -0.342 e. The molecule has 5 heteroatoms. The van der Waals surface area contributed by atoms with Crippen molar-refractivity contribution in [3.05, 3.63) is 0 Å². The molecule has 0 bridgehead atoms. The Hall–Kier alpha value is 0.0700. The molecule has 0 radical (unpaired) electrons. The summed E-state index contributed by atoms with van der Waals surface area (Å²) in [6.07, 6.45) is 2.37. The second-order valence-electron chi connectivity index (χ2n) is 6.14. The fourth-order valence-corrected chi connectivity index (χ4v) is 3.38. The minimum absolute atomic E-state index is 0. The normalized spacial score (nSPS) is 27.6. The lowest BCUT2D eigenvalue weighted by Crippen LogP contribution is -2.47. The summed E-state index contributed by atoms with van der Waals surface area (Å²) in [4.78, 5) is 14.2. The van der Waals surface area contributed by atoms with Crippen LogP contribution < -0.4 is 5.32 Å². The maximum absolute atomic E-state index is 12.1. The van der Waals surface area contributed by atoms with Crippen molar-refractivity contribution in [2.75, 3.05) is 25.4 Å². The number of fused-ring (bicyclic) bond motifs is 1. The first-order chi connectivity index (χ1) is 7.96. The van der Waals surface area contributed by atoms with Crippen LogP contribution in [0.1, 0.15) is 33.6 Å². The van der Waals surface area contributed by atoms with E-state index in [0.717, 1.165) is 26.1 Å². The van der Waals surface area contributed by atoms with Gasteiger partial charge < -0.3 is 10.2 Å². The van der Waals surface area contributed by atoms with Crippen LogP contribution in [0.25, 0.3) is 0 Å². The highest BCUT2D eigenvalue weighted by Crippen LogP contribution is 2.27. The quantitative estimate of drug-likeness (QED) is 0.846. The zero-order valence-electron chi connectivity index (χ0n) is 11.6. The van der Waals surface area contributed by atoms with Crippen molar-refractivity contribution in [3.63, 3.8) is 0 Å². The Kier molecular flexibility index (Phi) is 5.81. The summed E-state index contributed by atoms with van der Waals surface area (Å²) in [5, 5.41) is 3.53. The summed E-state index contributed by atoms with van der Waals surface area (Å²) in [5.41, 5.74) is 0. The Morgan fingerprint density at radius 1 is 1.39 bits per heavy atom. The van der Waals surface area contributed by atoms with E-state index < -0.39 is 0 Å². The first-order valence-corrected chi connectivity index (χ1v) is 7.59. The summed E-state index contributed by atoms with van der Waals surface area (Å²) in [5.74, 6) is 1.66.